The topological polar surface area (TPSA) is 77.8 Å². The van der Waals surface area contributed by atoms with Gasteiger partial charge in [0.05, 0.1) is 18.7 Å². The molecule has 2 fully saturated rings. The predicted molar refractivity (Wildman–Crippen MR) is 124 cm³/mol. The van der Waals surface area contributed by atoms with Crippen LogP contribution in [-0.2, 0) is 14.3 Å². The first-order valence-electron chi connectivity index (χ1n) is 11.2. The van der Waals surface area contributed by atoms with Crippen molar-refractivity contribution in [3.8, 4) is 0 Å². The number of esters is 2. The number of pyridine rings is 1. The van der Waals surface area contributed by atoms with E-state index in [0.717, 1.165) is 23.7 Å². The van der Waals surface area contributed by atoms with E-state index in [4.69, 9.17) is 9.47 Å². The fourth-order valence-electron chi connectivity index (χ4n) is 5.09. The van der Waals surface area contributed by atoms with Gasteiger partial charge in [0.1, 0.15) is 11.7 Å². The second-order valence-electron chi connectivity index (χ2n) is 8.75. The second-order valence-corrected chi connectivity index (χ2v) is 8.75. The lowest BCUT2D eigenvalue weighted by molar-refractivity contribution is -0.146. The van der Waals surface area contributed by atoms with E-state index in [0.29, 0.717) is 19.4 Å². The number of hydrogen-bond acceptors (Lipinski definition) is 6. The van der Waals surface area contributed by atoms with Gasteiger partial charge in [0, 0.05) is 31.0 Å². The Morgan fingerprint density at radius 3 is 2.41 bits per heavy atom. The van der Waals surface area contributed by atoms with Crippen LogP contribution in [0.2, 0.25) is 0 Å². The van der Waals surface area contributed by atoms with E-state index in [1.165, 1.54) is 0 Å². The minimum absolute atomic E-state index is 0. The highest BCUT2D eigenvalue weighted by Crippen LogP contribution is 2.37. The Bertz CT molecular complexity index is 1040. The molecule has 2 saturated heterocycles. The third-order valence-corrected chi connectivity index (χ3v) is 6.41. The molecular formula is C24H31ClN2O5. The third kappa shape index (κ3) is 4.69. The number of carbonyl (C=O) groups excluding carboxylic acids is 2. The number of aromatic nitrogens is 1. The van der Waals surface area contributed by atoms with Crippen LogP contribution in [0.1, 0.15) is 62.9 Å². The van der Waals surface area contributed by atoms with Crippen LogP contribution in [0.15, 0.2) is 35.1 Å². The summed E-state index contributed by atoms with van der Waals surface area (Å²) in [5.41, 5.74) is 0.569. The van der Waals surface area contributed by atoms with Crippen molar-refractivity contribution in [1.82, 2.24) is 9.47 Å². The summed E-state index contributed by atoms with van der Waals surface area (Å²) in [6, 6.07) is 9.54. The summed E-state index contributed by atoms with van der Waals surface area (Å²) in [6.45, 7) is 6.33. The van der Waals surface area contributed by atoms with Gasteiger partial charge in [-0.05, 0) is 51.1 Å². The van der Waals surface area contributed by atoms with Gasteiger partial charge in [-0.2, -0.15) is 0 Å². The van der Waals surface area contributed by atoms with E-state index in [1.807, 2.05) is 38.1 Å². The number of halogens is 1. The molecular weight excluding hydrogens is 432 g/mol. The molecule has 0 N–H and O–H groups in total. The average Bonchev–Trinajstić information content (AvgIpc) is 2.95. The fraction of sp³-hybridized carbons (Fsp3) is 0.542. The molecule has 2 bridgehead atoms. The highest BCUT2D eigenvalue weighted by Gasteiger charge is 2.43. The van der Waals surface area contributed by atoms with Crippen molar-refractivity contribution in [3.63, 3.8) is 0 Å². The minimum atomic E-state index is -0.562. The first kappa shape index (κ1) is 24.3. The summed E-state index contributed by atoms with van der Waals surface area (Å²) in [5, 5.41) is 0.840. The molecule has 3 heterocycles. The summed E-state index contributed by atoms with van der Waals surface area (Å²) in [6.07, 6.45) is 3.06. The number of rotatable bonds is 6. The van der Waals surface area contributed by atoms with Gasteiger partial charge >= 0.3 is 11.9 Å². The molecule has 4 rings (SSSR count). The van der Waals surface area contributed by atoms with Crippen LogP contribution in [-0.4, -0.2) is 52.7 Å². The van der Waals surface area contributed by atoms with Crippen molar-refractivity contribution in [3.05, 3.63) is 46.2 Å². The van der Waals surface area contributed by atoms with Gasteiger partial charge in [0.2, 0.25) is 0 Å². The van der Waals surface area contributed by atoms with E-state index in [1.54, 1.807) is 17.6 Å². The smallest absolute Gasteiger partial charge is 0.344 e. The first-order valence-corrected chi connectivity index (χ1v) is 11.2. The maximum Gasteiger partial charge on any atom is 0.344 e. The van der Waals surface area contributed by atoms with Gasteiger partial charge in [0.15, 0.2) is 0 Å². The number of ether oxygens (including phenoxy) is 2. The van der Waals surface area contributed by atoms with Crippen molar-refractivity contribution in [2.75, 3.05) is 13.2 Å². The molecule has 0 amide bonds. The maximum absolute atomic E-state index is 13.1. The lowest BCUT2D eigenvalue weighted by Crippen LogP contribution is -2.48. The van der Waals surface area contributed by atoms with E-state index in [9.17, 15) is 14.4 Å². The molecule has 0 aliphatic carbocycles. The average molecular weight is 463 g/mol. The van der Waals surface area contributed by atoms with Crippen LogP contribution in [0, 0.1) is 0 Å². The standard InChI is InChI=1S/C24H30N2O5.ClH/c1-4-30-22(27)14-25-17-9-10-18(25)13-19(12-17)31-24(29)20-11-16-7-5-6-8-21(16)26(15(2)3)23(20)28;/h5-8,11,15,17-19H,4,9-10,12-14H2,1-3H3;1H. The molecule has 2 aliphatic rings. The first-order chi connectivity index (χ1) is 14.9. The van der Waals surface area contributed by atoms with E-state index in [-0.39, 0.29) is 60.3 Å². The Kier molecular flexibility index (Phi) is 7.62. The highest BCUT2D eigenvalue weighted by molar-refractivity contribution is 5.94. The van der Waals surface area contributed by atoms with Gasteiger partial charge in [-0.1, -0.05) is 18.2 Å². The fourth-order valence-corrected chi connectivity index (χ4v) is 5.09. The summed E-state index contributed by atoms with van der Waals surface area (Å²) >= 11 is 0. The van der Waals surface area contributed by atoms with Crippen molar-refractivity contribution in [2.45, 2.75) is 70.7 Å². The molecule has 2 atom stereocenters. The zero-order valence-electron chi connectivity index (χ0n) is 18.8. The van der Waals surface area contributed by atoms with Crippen molar-refractivity contribution < 1.29 is 19.1 Å². The highest BCUT2D eigenvalue weighted by atomic mass is 35.5. The van der Waals surface area contributed by atoms with Crippen LogP contribution in [0.4, 0.5) is 0 Å². The summed E-state index contributed by atoms with van der Waals surface area (Å²) in [7, 11) is 0. The van der Waals surface area contributed by atoms with Crippen molar-refractivity contribution in [1.29, 1.82) is 0 Å². The number of fused-ring (bicyclic) bond motifs is 3. The zero-order chi connectivity index (χ0) is 22.1. The van der Waals surface area contributed by atoms with Crippen LogP contribution in [0.3, 0.4) is 0 Å². The Morgan fingerprint density at radius 2 is 1.78 bits per heavy atom. The molecule has 0 saturated carbocycles. The van der Waals surface area contributed by atoms with Crippen LogP contribution in [0.25, 0.3) is 10.9 Å². The lowest BCUT2D eigenvalue weighted by Gasteiger charge is -2.37. The van der Waals surface area contributed by atoms with Crippen LogP contribution < -0.4 is 5.56 Å². The molecule has 32 heavy (non-hydrogen) atoms. The number of benzene rings is 1. The quantitative estimate of drug-likeness (QED) is 0.609. The normalized spacial score (nSPS) is 22.6. The van der Waals surface area contributed by atoms with Crippen molar-refractivity contribution >= 4 is 35.2 Å². The molecule has 2 aromatic rings. The third-order valence-electron chi connectivity index (χ3n) is 6.41. The number of nitrogens with zero attached hydrogens (tertiary/aromatic N) is 2. The number of carbonyl (C=O) groups is 2. The van der Waals surface area contributed by atoms with Gasteiger partial charge in [-0.25, -0.2) is 4.79 Å². The summed E-state index contributed by atoms with van der Waals surface area (Å²) in [4.78, 5) is 40.2. The molecule has 7 nitrogen and oxygen atoms in total. The zero-order valence-corrected chi connectivity index (χ0v) is 19.6. The van der Waals surface area contributed by atoms with Gasteiger partial charge < -0.3 is 14.0 Å². The van der Waals surface area contributed by atoms with Gasteiger partial charge in [-0.15, -0.1) is 12.4 Å². The van der Waals surface area contributed by atoms with Gasteiger partial charge in [0.25, 0.3) is 5.56 Å². The SMILES string of the molecule is CCOC(=O)CN1C2CCC1CC(OC(=O)c1cc3ccccc3n(C(C)C)c1=O)C2.Cl. The molecule has 8 heteroatoms. The molecule has 1 aromatic heterocycles. The molecule has 1 aromatic carbocycles. The maximum atomic E-state index is 13.1. The largest absolute Gasteiger partial charge is 0.465 e. The Morgan fingerprint density at radius 1 is 1.12 bits per heavy atom. The molecule has 0 spiro atoms. The van der Waals surface area contributed by atoms with E-state index in [2.05, 4.69) is 4.90 Å². The minimum Gasteiger partial charge on any atom is -0.465 e. The predicted octanol–water partition coefficient (Wildman–Crippen LogP) is 3.72. The van der Waals surface area contributed by atoms with E-state index < -0.39 is 5.97 Å². The Balaban J connectivity index is 0.00000289. The lowest BCUT2D eigenvalue weighted by atomic mass is 9.99. The van der Waals surface area contributed by atoms with E-state index >= 15 is 0 Å². The monoisotopic (exact) mass is 462 g/mol. The molecule has 2 unspecified atom stereocenters. The number of piperidine rings is 1. The Hall–Kier alpha value is -2.38. The summed E-state index contributed by atoms with van der Waals surface area (Å²) < 4.78 is 12.6. The Labute approximate surface area is 194 Å². The number of hydrogen-bond donors (Lipinski definition) is 0. The number of para-hydroxylation sites is 1. The second kappa shape index (κ2) is 10.0. The molecule has 174 valence electrons. The molecule has 0 radical (unpaired) electrons. The van der Waals surface area contributed by atoms with Crippen LogP contribution in [0.5, 0.6) is 0 Å². The molecule has 2 aliphatic heterocycles. The van der Waals surface area contributed by atoms with Crippen LogP contribution >= 0.6 is 12.4 Å². The summed E-state index contributed by atoms with van der Waals surface area (Å²) in [5.74, 6) is -0.770. The van der Waals surface area contributed by atoms with Gasteiger partial charge in [-0.3, -0.25) is 14.5 Å². The van der Waals surface area contributed by atoms with Crippen molar-refractivity contribution in [2.24, 2.45) is 0 Å².